The highest BCUT2D eigenvalue weighted by atomic mass is 16.5. The number of aliphatic hydroxyl groups is 1. The van der Waals surface area contributed by atoms with Crippen LogP contribution in [0, 0.1) is 0 Å². The van der Waals surface area contributed by atoms with E-state index in [-0.39, 0.29) is 17.6 Å². The van der Waals surface area contributed by atoms with E-state index in [0.29, 0.717) is 12.5 Å². The summed E-state index contributed by atoms with van der Waals surface area (Å²) in [5.41, 5.74) is 2.18. The number of carbonyl (C=O) groups is 1. The molecule has 5 heteroatoms. The lowest BCUT2D eigenvalue weighted by Crippen LogP contribution is -2.51. The van der Waals surface area contributed by atoms with Crippen molar-refractivity contribution in [1.82, 2.24) is 4.90 Å². The predicted molar refractivity (Wildman–Crippen MR) is 96.4 cm³/mol. The molecule has 136 valence electrons. The molecule has 25 heavy (non-hydrogen) atoms. The average Bonchev–Trinajstić information content (AvgIpc) is 3.20. The van der Waals surface area contributed by atoms with E-state index in [0.717, 1.165) is 57.4 Å². The zero-order valence-electron chi connectivity index (χ0n) is 15.0. The van der Waals surface area contributed by atoms with Crippen molar-refractivity contribution in [2.45, 2.75) is 62.8 Å². The molecular weight excluding hydrogens is 316 g/mol. The van der Waals surface area contributed by atoms with Crippen LogP contribution in [-0.2, 0) is 16.1 Å². The molecule has 0 spiro atoms. The van der Waals surface area contributed by atoms with E-state index in [9.17, 15) is 9.90 Å². The zero-order valence-corrected chi connectivity index (χ0v) is 15.0. The lowest BCUT2D eigenvalue weighted by atomic mass is 9.79. The van der Waals surface area contributed by atoms with E-state index in [1.54, 1.807) is 0 Å². The zero-order chi connectivity index (χ0) is 17.4. The monoisotopic (exact) mass is 344 g/mol. The van der Waals surface area contributed by atoms with Gasteiger partial charge in [0.25, 0.3) is 0 Å². The van der Waals surface area contributed by atoms with E-state index >= 15 is 0 Å². The summed E-state index contributed by atoms with van der Waals surface area (Å²) in [5, 5.41) is 10.1. The molecule has 3 aliphatic rings. The van der Waals surface area contributed by atoms with Crippen molar-refractivity contribution < 1.29 is 14.6 Å². The highest BCUT2D eigenvalue weighted by molar-refractivity contribution is 5.95. The Balaban J connectivity index is 1.46. The summed E-state index contributed by atoms with van der Waals surface area (Å²) in [5.74, 6) is 0.230. The minimum atomic E-state index is -0.211. The first kappa shape index (κ1) is 17.0. The standard InChI is InChI=1S/C20H28N2O3/c1-25-20-9-8-17(23)13-18(20)21(12-10-20)14-15-4-6-16(7-5-15)22-11-2-3-19(22)24/h4-7,17-18,23H,2-3,8-14H2,1H3/t17-,18+,20-/m0/s1. The number of benzene rings is 1. The molecule has 2 aliphatic heterocycles. The van der Waals surface area contributed by atoms with Crippen molar-refractivity contribution in [3.63, 3.8) is 0 Å². The van der Waals surface area contributed by atoms with Gasteiger partial charge >= 0.3 is 0 Å². The molecule has 2 heterocycles. The first-order valence-corrected chi connectivity index (χ1v) is 9.48. The predicted octanol–water partition coefficient (Wildman–Crippen LogP) is 2.32. The van der Waals surface area contributed by atoms with Crippen LogP contribution in [0.3, 0.4) is 0 Å². The smallest absolute Gasteiger partial charge is 0.227 e. The van der Waals surface area contributed by atoms with Crippen LogP contribution in [-0.4, -0.2) is 53.9 Å². The van der Waals surface area contributed by atoms with E-state index in [1.807, 2.05) is 12.0 Å². The summed E-state index contributed by atoms with van der Waals surface area (Å²) in [6.07, 6.45) is 5.04. The summed E-state index contributed by atoms with van der Waals surface area (Å²) in [6, 6.07) is 8.68. The normalized spacial score (nSPS) is 33.0. The summed E-state index contributed by atoms with van der Waals surface area (Å²) < 4.78 is 5.92. The second kappa shape index (κ2) is 6.71. The fourth-order valence-corrected chi connectivity index (χ4v) is 4.90. The number of amides is 1. The number of ether oxygens (including phenoxy) is 1. The highest BCUT2D eigenvalue weighted by Crippen LogP contribution is 2.43. The van der Waals surface area contributed by atoms with Crippen LogP contribution in [0.5, 0.6) is 0 Å². The fourth-order valence-electron chi connectivity index (χ4n) is 4.90. The molecule has 0 unspecified atom stereocenters. The van der Waals surface area contributed by atoms with E-state index in [2.05, 4.69) is 29.2 Å². The van der Waals surface area contributed by atoms with Gasteiger partial charge in [-0.2, -0.15) is 0 Å². The third-order valence-electron chi connectivity index (χ3n) is 6.38. The Hall–Kier alpha value is -1.43. The maximum absolute atomic E-state index is 11.9. The van der Waals surface area contributed by atoms with Crippen LogP contribution < -0.4 is 4.90 Å². The lowest BCUT2D eigenvalue weighted by Gasteiger charge is -2.42. The maximum atomic E-state index is 11.9. The van der Waals surface area contributed by atoms with E-state index < -0.39 is 0 Å². The van der Waals surface area contributed by atoms with Crippen molar-refractivity contribution in [3.8, 4) is 0 Å². The second-order valence-corrected chi connectivity index (χ2v) is 7.75. The molecule has 0 aromatic heterocycles. The lowest BCUT2D eigenvalue weighted by molar-refractivity contribution is -0.117. The average molecular weight is 344 g/mol. The Kier molecular flexibility index (Phi) is 4.56. The van der Waals surface area contributed by atoms with Crippen LogP contribution in [0.1, 0.15) is 44.1 Å². The first-order valence-electron chi connectivity index (χ1n) is 9.48. The minimum absolute atomic E-state index is 0.0822. The van der Waals surface area contributed by atoms with Gasteiger partial charge in [0.05, 0.1) is 11.7 Å². The molecule has 3 atom stereocenters. The largest absolute Gasteiger partial charge is 0.393 e. The van der Waals surface area contributed by atoms with Gasteiger partial charge in [-0.25, -0.2) is 0 Å². The summed E-state index contributed by atoms with van der Waals surface area (Å²) in [4.78, 5) is 16.2. The van der Waals surface area contributed by atoms with Gasteiger partial charge < -0.3 is 14.7 Å². The summed E-state index contributed by atoms with van der Waals surface area (Å²) >= 11 is 0. The van der Waals surface area contributed by atoms with Gasteiger partial charge in [-0.1, -0.05) is 12.1 Å². The van der Waals surface area contributed by atoms with Crippen molar-refractivity contribution >= 4 is 11.6 Å². The molecule has 1 aliphatic carbocycles. The quantitative estimate of drug-likeness (QED) is 0.911. The Morgan fingerprint density at radius 1 is 1.24 bits per heavy atom. The number of anilines is 1. The minimum Gasteiger partial charge on any atom is -0.393 e. The van der Waals surface area contributed by atoms with Crippen molar-refractivity contribution in [2.24, 2.45) is 0 Å². The van der Waals surface area contributed by atoms with Crippen molar-refractivity contribution in [3.05, 3.63) is 29.8 Å². The molecule has 1 amide bonds. The topological polar surface area (TPSA) is 53.0 Å². The van der Waals surface area contributed by atoms with Crippen LogP contribution in [0.15, 0.2) is 24.3 Å². The fraction of sp³-hybridized carbons (Fsp3) is 0.650. The van der Waals surface area contributed by atoms with Crippen LogP contribution >= 0.6 is 0 Å². The molecule has 1 saturated carbocycles. The molecule has 5 nitrogen and oxygen atoms in total. The number of aliphatic hydroxyl groups excluding tert-OH is 1. The van der Waals surface area contributed by atoms with Gasteiger partial charge in [0.15, 0.2) is 0 Å². The number of hydrogen-bond donors (Lipinski definition) is 1. The molecule has 4 rings (SSSR count). The maximum Gasteiger partial charge on any atom is 0.227 e. The van der Waals surface area contributed by atoms with Gasteiger partial charge in [0, 0.05) is 44.9 Å². The number of methoxy groups -OCH3 is 1. The molecule has 1 aromatic carbocycles. The Morgan fingerprint density at radius 3 is 2.72 bits per heavy atom. The van der Waals surface area contributed by atoms with Gasteiger partial charge in [0.1, 0.15) is 0 Å². The van der Waals surface area contributed by atoms with Crippen molar-refractivity contribution in [2.75, 3.05) is 25.1 Å². The van der Waals surface area contributed by atoms with Gasteiger partial charge in [0.2, 0.25) is 5.91 Å². The number of likely N-dealkylation sites (tertiary alicyclic amines) is 1. The van der Waals surface area contributed by atoms with E-state index in [1.165, 1.54) is 5.56 Å². The second-order valence-electron chi connectivity index (χ2n) is 7.75. The molecule has 1 N–H and O–H groups in total. The summed E-state index contributed by atoms with van der Waals surface area (Å²) in [6.45, 7) is 2.72. The number of nitrogens with zero attached hydrogens (tertiary/aromatic N) is 2. The molecule has 1 aromatic rings. The third-order valence-corrected chi connectivity index (χ3v) is 6.38. The number of hydrogen-bond acceptors (Lipinski definition) is 4. The molecular formula is C20H28N2O3. The number of rotatable bonds is 4. The number of carbonyl (C=O) groups excluding carboxylic acids is 1. The van der Waals surface area contributed by atoms with Crippen molar-refractivity contribution in [1.29, 1.82) is 0 Å². The number of fused-ring (bicyclic) bond motifs is 1. The molecule has 3 fully saturated rings. The van der Waals surface area contributed by atoms with Gasteiger partial charge in [-0.3, -0.25) is 9.69 Å². The first-order chi connectivity index (χ1) is 12.1. The molecule has 0 bridgehead atoms. The molecule has 0 radical (unpaired) electrons. The van der Waals surface area contributed by atoms with E-state index in [4.69, 9.17) is 4.74 Å². The third kappa shape index (κ3) is 3.09. The van der Waals surface area contributed by atoms with Crippen LogP contribution in [0.25, 0.3) is 0 Å². The Morgan fingerprint density at radius 2 is 2.04 bits per heavy atom. The van der Waals surface area contributed by atoms with Gasteiger partial charge in [-0.05, 0) is 49.8 Å². The molecule has 2 saturated heterocycles. The Bertz CT molecular complexity index is 632. The summed E-state index contributed by atoms with van der Waals surface area (Å²) in [7, 11) is 1.82. The Labute approximate surface area is 149 Å². The van der Waals surface area contributed by atoms with Crippen LogP contribution in [0.2, 0.25) is 0 Å². The highest BCUT2D eigenvalue weighted by Gasteiger charge is 2.50. The SMILES string of the molecule is CO[C@]12CC[C@H](O)C[C@H]1N(Cc1ccc(N3CCCC3=O)cc1)CC2. The van der Waals surface area contributed by atoms with Gasteiger partial charge in [-0.15, -0.1) is 0 Å². The van der Waals surface area contributed by atoms with Crippen LogP contribution in [0.4, 0.5) is 5.69 Å².